The van der Waals surface area contributed by atoms with E-state index >= 15 is 0 Å². The second-order valence-electron chi connectivity index (χ2n) is 4.45. The minimum atomic E-state index is -0.516. The molecule has 0 unspecified atom stereocenters. The molecule has 1 aliphatic rings. The number of hydrogen-bond donors (Lipinski definition) is 1. The maximum absolute atomic E-state index is 10.4. The molecule has 0 saturated heterocycles. The van der Waals surface area contributed by atoms with Crippen LogP contribution in [0.15, 0.2) is 16.5 Å². The van der Waals surface area contributed by atoms with Gasteiger partial charge >= 0.3 is 5.88 Å². The van der Waals surface area contributed by atoms with E-state index in [1.165, 1.54) is 25.3 Å². The third-order valence-electron chi connectivity index (χ3n) is 3.33. The highest BCUT2D eigenvalue weighted by atomic mass is 16.6. The van der Waals surface area contributed by atoms with Crippen molar-refractivity contribution in [1.29, 1.82) is 0 Å². The van der Waals surface area contributed by atoms with E-state index in [1.807, 2.05) is 0 Å². The first kappa shape index (κ1) is 11.1. The van der Waals surface area contributed by atoms with Crippen LogP contribution < -0.4 is 5.32 Å². The molecule has 88 valence electrons. The van der Waals surface area contributed by atoms with Crippen LogP contribution in [0.5, 0.6) is 0 Å². The molecule has 5 heteroatoms. The van der Waals surface area contributed by atoms with E-state index in [0.29, 0.717) is 17.7 Å². The van der Waals surface area contributed by atoms with Gasteiger partial charge in [-0.25, -0.2) is 0 Å². The van der Waals surface area contributed by atoms with Crippen LogP contribution in [0.25, 0.3) is 0 Å². The lowest BCUT2D eigenvalue weighted by Crippen LogP contribution is -2.22. The fraction of sp³-hybridized carbons (Fsp3) is 0.636. The molecule has 5 nitrogen and oxygen atoms in total. The average molecular weight is 224 g/mol. The van der Waals surface area contributed by atoms with E-state index < -0.39 is 4.92 Å². The predicted molar refractivity (Wildman–Crippen MR) is 59.0 cm³/mol. The molecule has 0 amide bonds. The quantitative estimate of drug-likeness (QED) is 0.595. The largest absolute Gasteiger partial charge is 0.433 e. The molecule has 1 aromatic heterocycles. The van der Waals surface area contributed by atoms with Crippen LogP contribution in [0.4, 0.5) is 5.88 Å². The minimum absolute atomic E-state index is 0.187. The number of nitrogens with zero attached hydrogens (tertiary/aromatic N) is 1. The van der Waals surface area contributed by atoms with Crippen molar-refractivity contribution in [2.24, 2.45) is 5.41 Å². The first-order valence-corrected chi connectivity index (χ1v) is 5.59. The molecule has 1 saturated carbocycles. The monoisotopic (exact) mass is 224 g/mol. The number of rotatable bonds is 6. The molecule has 0 aliphatic heterocycles. The van der Waals surface area contributed by atoms with Gasteiger partial charge in [0.05, 0.1) is 12.6 Å². The van der Waals surface area contributed by atoms with Crippen molar-refractivity contribution >= 4 is 5.88 Å². The SMILES string of the molecule is CCC1(CNCc2ccc([N+](=O)[O-])o2)CC1. The van der Waals surface area contributed by atoms with Crippen molar-refractivity contribution in [3.8, 4) is 0 Å². The van der Waals surface area contributed by atoms with Gasteiger partial charge in [-0.05, 0) is 30.7 Å². The van der Waals surface area contributed by atoms with Crippen LogP contribution >= 0.6 is 0 Å². The Labute approximate surface area is 94.0 Å². The molecule has 0 aromatic carbocycles. The van der Waals surface area contributed by atoms with E-state index in [4.69, 9.17) is 4.42 Å². The normalized spacial score (nSPS) is 17.3. The number of nitro groups is 1. The smallest absolute Gasteiger partial charge is 0.404 e. The van der Waals surface area contributed by atoms with E-state index in [0.717, 1.165) is 6.54 Å². The highest BCUT2D eigenvalue weighted by Crippen LogP contribution is 2.47. The Hall–Kier alpha value is -1.36. The van der Waals surface area contributed by atoms with Gasteiger partial charge in [-0.1, -0.05) is 6.92 Å². The summed E-state index contributed by atoms with van der Waals surface area (Å²) in [6.45, 7) is 3.74. The van der Waals surface area contributed by atoms with Crippen LogP contribution in [0.2, 0.25) is 0 Å². The van der Waals surface area contributed by atoms with Crippen LogP contribution in [0.3, 0.4) is 0 Å². The summed E-state index contributed by atoms with van der Waals surface area (Å²) in [6, 6.07) is 3.04. The number of furan rings is 1. The Balaban J connectivity index is 1.79. The summed E-state index contributed by atoms with van der Waals surface area (Å²) in [5.41, 5.74) is 0.485. The Bertz CT molecular complexity index is 382. The van der Waals surface area contributed by atoms with Gasteiger partial charge in [0, 0.05) is 6.54 Å². The Morgan fingerprint density at radius 2 is 2.31 bits per heavy atom. The molecule has 0 atom stereocenters. The molecule has 1 fully saturated rings. The predicted octanol–water partition coefficient (Wildman–Crippen LogP) is 2.47. The standard InChI is InChI=1S/C11H16N2O3/c1-2-11(5-6-11)8-12-7-9-3-4-10(16-9)13(14)15/h3-4,12H,2,5-8H2,1H3. The summed E-state index contributed by atoms with van der Waals surface area (Å²) in [6.07, 6.45) is 3.77. The van der Waals surface area contributed by atoms with Crippen LogP contribution in [0, 0.1) is 15.5 Å². The maximum atomic E-state index is 10.4. The summed E-state index contributed by atoms with van der Waals surface area (Å²) >= 11 is 0. The summed E-state index contributed by atoms with van der Waals surface area (Å²) < 4.78 is 5.05. The summed E-state index contributed by atoms with van der Waals surface area (Å²) in [5, 5.41) is 13.7. The highest BCUT2D eigenvalue weighted by molar-refractivity contribution is 5.17. The molecular weight excluding hydrogens is 208 g/mol. The topological polar surface area (TPSA) is 68.3 Å². The fourth-order valence-electron chi connectivity index (χ4n) is 1.84. The highest BCUT2D eigenvalue weighted by Gasteiger charge is 2.39. The fourth-order valence-corrected chi connectivity index (χ4v) is 1.84. The molecule has 1 aliphatic carbocycles. The van der Waals surface area contributed by atoms with E-state index in [2.05, 4.69) is 12.2 Å². The molecule has 0 spiro atoms. The second-order valence-corrected chi connectivity index (χ2v) is 4.45. The van der Waals surface area contributed by atoms with Gasteiger partial charge < -0.3 is 9.73 Å². The molecule has 1 aromatic rings. The van der Waals surface area contributed by atoms with Crippen molar-refractivity contribution < 1.29 is 9.34 Å². The van der Waals surface area contributed by atoms with Gasteiger partial charge in [0.1, 0.15) is 10.7 Å². The van der Waals surface area contributed by atoms with Crippen LogP contribution in [-0.4, -0.2) is 11.5 Å². The van der Waals surface area contributed by atoms with Crippen LogP contribution in [-0.2, 0) is 6.54 Å². The van der Waals surface area contributed by atoms with E-state index in [-0.39, 0.29) is 5.88 Å². The van der Waals surface area contributed by atoms with E-state index in [1.54, 1.807) is 6.07 Å². The molecule has 16 heavy (non-hydrogen) atoms. The molecule has 1 heterocycles. The Morgan fingerprint density at radius 1 is 1.56 bits per heavy atom. The van der Waals surface area contributed by atoms with Crippen molar-refractivity contribution in [2.45, 2.75) is 32.7 Å². The van der Waals surface area contributed by atoms with Gasteiger partial charge in [0.25, 0.3) is 0 Å². The second kappa shape index (κ2) is 4.25. The number of hydrogen-bond acceptors (Lipinski definition) is 4. The average Bonchev–Trinajstić information content (AvgIpc) is 2.88. The zero-order valence-electron chi connectivity index (χ0n) is 9.36. The van der Waals surface area contributed by atoms with Gasteiger partial charge in [-0.15, -0.1) is 0 Å². The lowest BCUT2D eigenvalue weighted by molar-refractivity contribution is -0.402. The minimum Gasteiger partial charge on any atom is -0.404 e. The lowest BCUT2D eigenvalue weighted by atomic mass is 10.0. The molecular formula is C11H16N2O3. The molecule has 1 N–H and O–H groups in total. The Morgan fingerprint density at radius 3 is 2.81 bits per heavy atom. The third-order valence-corrected chi connectivity index (χ3v) is 3.33. The number of nitrogens with one attached hydrogen (secondary N) is 1. The zero-order valence-corrected chi connectivity index (χ0v) is 9.36. The van der Waals surface area contributed by atoms with E-state index in [9.17, 15) is 10.1 Å². The molecule has 0 bridgehead atoms. The summed E-state index contributed by atoms with van der Waals surface area (Å²) in [7, 11) is 0. The molecule has 0 radical (unpaired) electrons. The van der Waals surface area contributed by atoms with Crippen molar-refractivity contribution in [1.82, 2.24) is 5.32 Å². The first-order chi connectivity index (χ1) is 7.65. The molecule has 2 rings (SSSR count). The first-order valence-electron chi connectivity index (χ1n) is 5.59. The van der Waals surface area contributed by atoms with Crippen LogP contribution in [0.1, 0.15) is 31.9 Å². The van der Waals surface area contributed by atoms with Gasteiger partial charge in [-0.2, -0.15) is 0 Å². The van der Waals surface area contributed by atoms with Crippen molar-refractivity contribution in [3.05, 3.63) is 28.0 Å². The maximum Gasteiger partial charge on any atom is 0.433 e. The Kier molecular flexibility index (Phi) is 2.96. The van der Waals surface area contributed by atoms with Crippen molar-refractivity contribution in [3.63, 3.8) is 0 Å². The summed E-state index contributed by atoms with van der Waals surface area (Å²) in [5.74, 6) is 0.437. The van der Waals surface area contributed by atoms with Gasteiger partial charge in [0.2, 0.25) is 0 Å². The lowest BCUT2D eigenvalue weighted by Gasteiger charge is -2.11. The zero-order chi connectivity index (χ0) is 11.6. The van der Waals surface area contributed by atoms with Gasteiger partial charge in [0.15, 0.2) is 0 Å². The summed E-state index contributed by atoms with van der Waals surface area (Å²) in [4.78, 5) is 9.88. The third kappa shape index (κ3) is 2.41. The van der Waals surface area contributed by atoms with Crippen molar-refractivity contribution in [2.75, 3.05) is 6.54 Å². The van der Waals surface area contributed by atoms with Gasteiger partial charge in [-0.3, -0.25) is 10.1 Å².